The van der Waals surface area contributed by atoms with Crippen LogP contribution in [0.25, 0.3) is 0 Å². The van der Waals surface area contributed by atoms with Crippen molar-refractivity contribution in [1.82, 2.24) is 0 Å². The molecule has 0 bridgehead atoms. The molecule has 55 heavy (non-hydrogen) atoms. The molecule has 8 nitrogen and oxygen atoms in total. The van der Waals surface area contributed by atoms with Gasteiger partial charge in [-0.25, -0.2) is 4.57 Å². The lowest BCUT2D eigenvalue weighted by molar-refractivity contribution is -0.119. The molecular formula is C46H37N2O6P. The maximum absolute atomic E-state index is 15.2. The van der Waals surface area contributed by atoms with Crippen LogP contribution < -0.4 is 15.2 Å². The minimum atomic E-state index is -5.26. The molecule has 0 heterocycles. The molecular weight excluding hydrogens is 707 g/mol. The maximum Gasteiger partial charge on any atom is 0.524 e. The Kier molecular flexibility index (Phi) is 10.6. The fraction of sp³-hybridized carbons (Fsp3) is 0.0435. The Bertz CT molecular complexity index is 2080. The van der Waals surface area contributed by atoms with Gasteiger partial charge in [0.05, 0.1) is 11.4 Å². The fourth-order valence-corrected chi connectivity index (χ4v) is 7.73. The quantitative estimate of drug-likeness (QED) is 0.0731. The monoisotopic (exact) mass is 744 g/mol. The minimum Gasteiger partial charge on any atom is -0.400 e. The van der Waals surface area contributed by atoms with Crippen molar-refractivity contribution in [3.63, 3.8) is 0 Å². The second-order valence-electron chi connectivity index (χ2n) is 12.9. The molecule has 4 N–H and O–H groups in total. The first-order chi connectivity index (χ1) is 26.7. The SMILES string of the molecule is O=C(Nc1cccc(NC(=O)C(c2ccccc2)(c2ccccc2)c2ccccc2)c1OP(=O)(O)O)C(c1ccccc1)(c1ccccc1)c1ccccc1. The van der Waals surface area contributed by atoms with Crippen LogP contribution in [0, 0.1) is 0 Å². The summed E-state index contributed by atoms with van der Waals surface area (Å²) in [5.74, 6) is -1.46. The summed E-state index contributed by atoms with van der Waals surface area (Å²) in [6.07, 6.45) is 0. The van der Waals surface area contributed by atoms with Gasteiger partial charge in [-0.1, -0.05) is 188 Å². The molecule has 7 aromatic carbocycles. The number of carbonyl (C=O) groups is 2. The number of para-hydroxylation sites is 1. The van der Waals surface area contributed by atoms with Crippen LogP contribution in [0.15, 0.2) is 200 Å². The molecule has 0 aliphatic heterocycles. The van der Waals surface area contributed by atoms with Gasteiger partial charge in [-0.2, -0.15) is 0 Å². The van der Waals surface area contributed by atoms with Gasteiger partial charge in [0.15, 0.2) is 5.75 Å². The first-order valence-electron chi connectivity index (χ1n) is 17.6. The van der Waals surface area contributed by atoms with Gasteiger partial charge in [-0.3, -0.25) is 19.4 Å². The Balaban J connectivity index is 1.39. The molecule has 0 unspecified atom stereocenters. The molecule has 0 radical (unpaired) electrons. The van der Waals surface area contributed by atoms with E-state index in [1.807, 2.05) is 182 Å². The molecule has 0 aliphatic carbocycles. The summed E-state index contributed by atoms with van der Waals surface area (Å²) in [5.41, 5.74) is 0.962. The predicted molar refractivity (Wildman–Crippen MR) is 215 cm³/mol. The van der Waals surface area contributed by atoms with E-state index in [0.29, 0.717) is 33.4 Å². The third-order valence-electron chi connectivity index (χ3n) is 9.64. The smallest absolute Gasteiger partial charge is 0.400 e. The number of anilines is 2. The highest BCUT2D eigenvalue weighted by Gasteiger charge is 2.46. The van der Waals surface area contributed by atoms with Gasteiger partial charge in [-0.05, 0) is 45.5 Å². The third kappa shape index (κ3) is 7.22. The van der Waals surface area contributed by atoms with E-state index in [9.17, 15) is 14.4 Å². The lowest BCUT2D eigenvalue weighted by Crippen LogP contribution is -2.43. The normalized spacial score (nSPS) is 11.7. The first-order valence-corrected chi connectivity index (χ1v) is 19.1. The fourth-order valence-electron chi connectivity index (χ4n) is 7.30. The van der Waals surface area contributed by atoms with Crippen molar-refractivity contribution >= 4 is 31.0 Å². The summed E-state index contributed by atoms with van der Waals surface area (Å²) < 4.78 is 18.0. The van der Waals surface area contributed by atoms with E-state index in [0.717, 1.165) is 0 Å². The van der Waals surface area contributed by atoms with Crippen molar-refractivity contribution in [3.05, 3.63) is 234 Å². The highest BCUT2D eigenvalue weighted by Crippen LogP contribution is 2.48. The van der Waals surface area contributed by atoms with Gasteiger partial charge in [-0.15, -0.1) is 0 Å². The Morgan fingerprint density at radius 2 is 0.636 bits per heavy atom. The summed E-state index contributed by atoms with van der Waals surface area (Å²) in [7, 11) is -5.26. The molecule has 9 heteroatoms. The molecule has 0 aromatic heterocycles. The van der Waals surface area contributed by atoms with Gasteiger partial charge in [0.2, 0.25) is 11.8 Å². The number of phosphoric ester groups is 1. The van der Waals surface area contributed by atoms with Crippen LogP contribution in [0.4, 0.5) is 11.4 Å². The Morgan fingerprint density at radius 3 is 0.855 bits per heavy atom. The number of hydrogen-bond donors (Lipinski definition) is 4. The molecule has 0 saturated carbocycles. The number of amides is 2. The van der Waals surface area contributed by atoms with Crippen LogP contribution in [0.5, 0.6) is 5.75 Å². The summed E-state index contributed by atoms with van der Waals surface area (Å²) in [4.78, 5) is 50.8. The number of rotatable bonds is 12. The van der Waals surface area contributed by atoms with Gasteiger partial charge in [0, 0.05) is 0 Å². The summed E-state index contributed by atoms with van der Waals surface area (Å²) in [6.45, 7) is 0. The Labute approximate surface area is 319 Å². The summed E-state index contributed by atoms with van der Waals surface area (Å²) >= 11 is 0. The van der Waals surface area contributed by atoms with E-state index in [-0.39, 0.29) is 11.4 Å². The zero-order valence-electron chi connectivity index (χ0n) is 29.5. The molecule has 0 spiro atoms. The summed E-state index contributed by atoms with van der Waals surface area (Å²) in [5, 5.41) is 5.92. The highest BCUT2D eigenvalue weighted by atomic mass is 31.2. The van der Waals surface area contributed by atoms with E-state index in [1.165, 1.54) is 12.1 Å². The lowest BCUT2D eigenvalue weighted by atomic mass is 9.68. The standard InChI is InChI=1S/C46H37N2O6P/c49-43(45(34-20-7-1-8-21-34,35-22-9-2-10-23-35)36-24-11-3-12-25-36)47-40-32-19-33-41(42(40)54-55(51,52)53)48-44(50)46(37-26-13-4-14-27-37,38-28-15-5-16-29-38)39-30-17-6-18-31-39/h1-33H,(H,47,49)(H,48,50)(H2,51,52,53). The highest BCUT2D eigenvalue weighted by molar-refractivity contribution is 7.46. The average molecular weight is 745 g/mol. The predicted octanol–water partition coefficient (Wildman–Crippen LogP) is 9.10. The van der Waals surface area contributed by atoms with E-state index in [1.54, 1.807) is 6.07 Å². The molecule has 272 valence electrons. The van der Waals surface area contributed by atoms with Crippen LogP contribution in [-0.4, -0.2) is 21.6 Å². The second kappa shape index (κ2) is 15.8. The molecule has 2 amide bonds. The molecule has 0 atom stereocenters. The van der Waals surface area contributed by atoms with E-state index < -0.39 is 36.2 Å². The van der Waals surface area contributed by atoms with Crippen LogP contribution in [0.1, 0.15) is 33.4 Å². The number of hydrogen-bond acceptors (Lipinski definition) is 4. The number of carbonyl (C=O) groups excluding carboxylic acids is 2. The number of phosphoric acid groups is 1. The van der Waals surface area contributed by atoms with Crippen LogP contribution in [-0.2, 0) is 25.0 Å². The Morgan fingerprint density at radius 1 is 0.400 bits per heavy atom. The van der Waals surface area contributed by atoms with Crippen molar-refractivity contribution in [2.45, 2.75) is 10.8 Å². The molecule has 0 aliphatic rings. The van der Waals surface area contributed by atoms with E-state index >= 15 is 9.59 Å². The third-order valence-corrected chi connectivity index (χ3v) is 10.1. The van der Waals surface area contributed by atoms with Crippen LogP contribution in [0.3, 0.4) is 0 Å². The van der Waals surface area contributed by atoms with Gasteiger partial charge in [0.1, 0.15) is 10.8 Å². The molecule has 7 rings (SSSR count). The average Bonchev–Trinajstić information content (AvgIpc) is 3.22. The second-order valence-corrected chi connectivity index (χ2v) is 14.0. The summed E-state index contributed by atoms with van der Waals surface area (Å²) in [6, 6.07) is 60.2. The minimum absolute atomic E-state index is 0.0666. The van der Waals surface area contributed by atoms with Crippen molar-refractivity contribution in [2.24, 2.45) is 0 Å². The Hall–Kier alpha value is -6.57. The first kappa shape index (κ1) is 36.8. The van der Waals surface area contributed by atoms with Gasteiger partial charge >= 0.3 is 7.82 Å². The maximum atomic E-state index is 15.2. The zero-order chi connectivity index (χ0) is 38.3. The molecule has 0 saturated heterocycles. The topological polar surface area (TPSA) is 125 Å². The van der Waals surface area contributed by atoms with Crippen molar-refractivity contribution < 1.29 is 28.5 Å². The number of benzene rings is 7. The van der Waals surface area contributed by atoms with Crippen molar-refractivity contribution in [2.75, 3.05) is 10.6 Å². The van der Waals surface area contributed by atoms with Crippen LogP contribution >= 0.6 is 7.82 Å². The van der Waals surface area contributed by atoms with Gasteiger partial charge in [0.25, 0.3) is 0 Å². The largest absolute Gasteiger partial charge is 0.524 e. The number of nitrogens with one attached hydrogen (secondary N) is 2. The van der Waals surface area contributed by atoms with Crippen LogP contribution in [0.2, 0.25) is 0 Å². The van der Waals surface area contributed by atoms with Gasteiger partial charge < -0.3 is 15.2 Å². The zero-order valence-corrected chi connectivity index (χ0v) is 30.4. The van der Waals surface area contributed by atoms with E-state index in [2.05, 4.69) is 10.6 Å². The molecule has 7 aromatic rings. The lowest BCUT2D eigenvalue weighted by Gasteiger charge is -2.35. The van der Waals surface area contributed by atoms with Crippen molar-refractivity contribution in [1.29, 1.82) is 0 Å². The molecule has 0 fully saturated rings. The van der Waals surface area contributed by atoms with E-state index in [4.69, 9.17) is 4.52 Å². The van der Waals surface area contributed by atoms with Crippen molar-refractivity contribution in [3.8, 4) is 5.75 Å².